The highest BCUT2D eigenvalue weighted by Gasteiger charge is 2.45. The van der Waals surface area contributed by atoms with Crippen LogP contribution >= 0.6 is 0 Å². The second-order valence-electron chi connectivity index (χ2n) is 4.73. The van der Waals surface area contributed by atoms with E-state index in [4.69, 9.17) is 15.6 Å². The predicted molar refractivity (Wildman–Crippen MR) is 70.9 cm³/mol. The molecular weight excluding hydrogens is 284 g/mol. The van der Waals surface area contributed by atoms with E-state index >= 15 is 0 Å². The van der Waals surface area contributed by atoms with Crippen LogP contribution in [0.25, 0.3) is 0 Å². The third kappa shape index (κ3) is 2.49. The lowest BCUT2D eigenvalue weighted by atomic mass is 10.0. The van der Waals surface area contributed by atoms with Gasteiger partial charge in [0.05, 0.1) is 12.0 Å². The van der Waals surface area contributed by atoms with E-state index in [1.807, 2.05) is 0 Å². The minimum atomic E-state index is -3.77. The Morgan fingerprint density at radius 3 is 2.75 bits per heavy atom. The topological polar surface area (TPSA) is 110 Å². The van der Waals surface area contributed by atoms with E-state index in [1.165, 1.54) is 19.2 Å². The molecule has 1 saturated heterocycles. The SMILES string of the molecule is COc1cccc(S(=O)(=O)N2CCC(N)(C(=O)O)C2)c1. The van der Waals surface area contributed by atoms with Crippen LogP contribution in [0.4, 0.5) is 0 Å². The fourth-order valence-corrected chi connectivity index (χ4v) is 3.63. The molecule has 0 saturated carbocycles. The Labute approximate surface area is 117 Å². The van der Waals surface area contributed by atoms with E-state index in [2.05, 4.69) is 0 Å². The minimum absolute atomic E-state index is 0.0616. The van der Waals surface area contributed by atoms with Crippen LogP contribution in [-0.4, -0.2) is 49.5 Å². The number of carbonyl (C=O) groups is 1. The summed E-state index contributed by atoms with van der Waals surface area (Å²) in [5.41, 5.74) is 4.17. The molecule has 1 aliphatic rings. The Balaban J connectivity index is 2.30. The highest BCUT2D eigenvalue weighted by atomic mass is 32.2. The number of rotatable bonds is 4. The molecule has 1 heterocycles. The number of hydrogen-bond acceptors (Lipinski definition) is 5. The van der Waals surface area contributed by atoms with Crippen molar-refractivity contribution in [3.8, 4) is 5.75 Å². The Hall–Kier alpha value is -1.64. The number of carboxylic acid groups (broad SMARTS) is 1. The third-order valence-corrected chi connectivity index (χ3v) is 5.21. The largest absolute Gasteiger partial charge is 0.497 e. The first-order valence-electron chi connectivity index (χ1n) is 5.96. The molecule has 1 aliphatic heterocycles. The summed E-state index contributed by atoms with van der Waals surface area (Å²) in [5.74, 6) is -0.775. The average Bonchev–Trinajstić information content (AvgIpc) is 2.84. The quantitative estimate of drug-likeness (QED) is 0.801. The lowest BCUT2D eigenvalue weighted by Crippen LogP contribution is -2.50. The molecule has 1 aromatic rings. The van der Waals surface area contributed by atoms with Gasteiger partial charge in [-0.05, 0) is 18.6 Å². The van der Waals surface area contributed by atoms with Gasteiger partial charge in [0, 0.05) is 19.2 Å². The van der Waals surface area contributed by atoms with E-state index < -0.39 is 21.5 Å². The van der Waals surface area contributed by atoms with Crippen molar-refractivity contribution in [1.29, 1.82) is 0 Å². The first-order chi connectivity index (χ1) is 9.29. The predicted octanol–water partition coefficient (Wildman–Crippen LogP) is -0.128. The molecule has 0 spiro atoms. The van der Waals surface area contributed by atoms with Crippen LogP contribution in [0.15, 0.2) is 29.2 Å². The Kier molecular flexibility index (Phi) is 3.72. The summed E-state index contributed by atoms with van der Waals surface area (Å²) in [5, 5.41) is 9.04. The molecule has 0 bridgehead atoms. The molecule has 8 heteroatoms. The van der Waals surface area contributed by atoms with Crippen LogP contribution in [0.3, 0.4) is 0 Å². The first kappa shape index (κ1) is 14.8. The number of methoxy groups -OCH3 is 1. The van der Waals surface area contributed by atoms with Gasteiger partial charge in [-0.2, -0.15) is 4.31 Å². The van der Waals surface area contributed by atoms with E-state index in [0.717, 1.165) is 4.31 Å². The van der Waals surface area contributed by atoms with Crippen LogP contribution in [0.5, 0.6) is 5.75 Å². The fraction of sp³-hybridized carbons (Fsp3) is 0.417. The van der Waals surface area contributed by atoms with Crippen LogP contribution in [0, 0.1) is 0 Å². The van der Waals surface area contributed by atoms with Gasteiger partial charge in [0.2, 0.25) is 10.0 Å². The summed E-state index contributed by atoms with van der Waals surface area (Å²) in [4.78, 5) is 11.1. The lowest BCUT2D eigenvalue weighted by Gasteiger charge is -2.20. The van der Waals surface area contributed by atoms with Crippen LogP contribution < -0.4 is 10.5 Å². The normalized spacial score (nSPS) is 23.7. The number of carboxylic acids is 1. The fourth-order valence-electron chi connectivity index (χ4n) is 2.09. The third-order valence-electron chi connectivity index (χ3n) is 3.37. The molecular formula is C12H16N2O5S. The maximum absolute atomic E-state index is 12.4. The minimum Gasteiger partial charge on any atom is -0.497 e. The van der Waals surface area contributed by atoms with Gasteiger partial charge < -0.3 is 15.6 Å². The molecule has 1 fully saturated rings. The monoisotopic (exact) mass is 300 g/mol. The van der Waals surface area contributed by atoms with Crippen molar-refractivity contribution in [2.75, 3.05) is 20.2 Å². The van der Waals surface area contributed by atoms with Gasteiger partial charge in [-0.15, -0.1) is 0 Å². The van der Waals surface area contributed by atoms with Gasteiger partial charge in [-0.1, -0.05) is 6.07 Å². The molecule has 7 nitrogen and oxygen atoms in total. The number of nitrogens with two attached hydrogens (primary N) is 1. The number of benzene rings is 1. The van der Waals surface area contributed by atoms with E-state index in [1.54, 1.807) is 12.1 Å². The zero-order valence-electron chi connectivity index (χ0n) is 10.9. The molecule has 110 valence electrons. The second-order valence-corrected chi connectivity index (χ2v) is 6.67. The molecule has 3 N–H and O–H groups in total. The molecule has 2 rings (SSSR count). The van der Waals surface area contributed by atoms with E-state index in [-0.39, 0.29) is 24.4 Å². The van der Waals surface area contributed by atoms with Gasteiger partial charge in [0.25, 0.3) is 0 Å². The molecule has 0 aliphatic carbocycles. The van der Waals surface area contributed by atoms with Crippen molar-refractivity contribution >= 4 is 16.0 Å². The number of aliphatic carboxylic acids is 1. The molecule has 20 heavy (non-hydrogen) atoms. The van der Waals surface area contributed by atoms with E-state index in [9.17, 15) is 13.2 Å². The van der Waals surface area contributed by atoms with Crippen LogP contribution in [-0.2, 0) is 14.8 Å². The van der Waals surface area contributed by atoms with Gasteiger partial charge >= 0.3 is 5.97 Å². The second kappa shape index (κ2) is 5.04. The number of ether oxygens (including phenoxy) is 1. The van der Waals surface area contributed by atoms with Gasteiger partial charge in [-0.3, -0.25) is 4.79 Å². The molecule has 1 atom stereocenters. The molecule has 1 unspecified atom stereocenters. The lowest BCUT2D eigenvalue weighted by molar-refractivity contribution is -0.142. The van der Waals surface area contributed by atoms with E-state index in [0.29, 0.717) is 5.75 Å². The molecule has 1 aromatic carbocycles. The number of nitrogens with zero attached hydrogens (tertiary/aromatic N) is 1. The maximum Gasteiger partial charge on any atom is 0.325 e. The highest BCUT2D eigenvalue weighted by molar-refractivity contribution is 7.89. The number of hydrogen-bond donors (Lipinski definition) is 2. The van der Waals surface area contributed by atoms with Crippen LogP contribution in [0.1, 0.15) is 6.42 Å². The van der Waals surface area contributed by atoms with Gasteiger partial charge in [0.15, 0.2) is 0 Å². The summed E-state index contributed by atoms with van der Waals surface area (Å²) in [7, 11) is -2.32. The summed E-state index contributed by atoms with van der Waals surface area (Å²) >= 11 is 0. The smallest absolute Gasteiger partial charge is 0.325 e. The van der Waals surface area contributed by atoms with Crippen molar-refractivity contribution in [1.82, 2.24) is 4.31 Å². The summed E-state index contributed by atoms with van der Waals surface area (Å²) < 4.78 is 31.0. The number of sulfonamides is 1. The Bertz CT molecular complexity index is 630. The zero-order valence-corrected chi connectivity index (χ0v) is 11.8. The highest BCUT2D eigenvalue weighted by Crippen LogP contribution is 2.27. The molecule has 0 radical (unpaired) electrons. The average molecular weight is 300 g/mol. The zero-order chi connectivity index (χ0) is 15.0. The van der Waals surface area contributed by atoms with Crippen molar-refractivity contribution in [2.24, 2.45) is 5.73 Å². The van der Waals surface area contributed by atoms with Crippen LogP contribution in [0.2, 0.25) is 0 Å². The van der Waals surface area contributed by atoms with Crippen molar-refractivity contribution in [3.63, 3.8) is 0 Å². The van der Waals surface area contributed by atoms with Crippen molar-refractivity contribution in [3.05, 3.63) is 24.3 Å². The first-order valence-corrected chi connectivity index (χ1v) is 7.40. The maximum atomic E-state index is 12.4. The molecule has 0 amide bonds. The summed E-state index contributed by atoms with van der Waals surface area (Å²) in [6, 6.07) is 6.03. The standard InChI is InChI=1S/C12H16N2O5S/c1-19-9-3-2-4-10(7-9)20(17,18)14-6-5-12(13,8-14)11(15)16/h2-4,7H,5-6,8,13H2,1H3,(H,15,16). The summed E-state index contributed by atoms with van der Waals surface area (Å²) in [6.07, 6.45) is 0.0888. The van der Waals surface area contributed by atoms with Gasteiger partial charge in [0.1, 0.15) is 11.3 Å². The summed E-state index contributed by atoms with van der Waals surface area (Å²) in [6.45, 7) is -0.149. The van der Waals surface area contributed by atoms with Crippen molar-refractivity contribution in [2.45, 2.75) is 16.9 Å². The van der Waals surface area contributed by atoms with Crippen molar-refractivity contribution < 1.29 is 23.1 Å². The Morgan fingerprint density at radius 1 is 1.50 bits per heavy atom. The Morgan fingerprint density at radius 2 is 2.20 bits per heavy atom. The van der Waals surface area contributed by atoms with Gasteiger partial charge in [-0.25, -0.2) is 8.42 Å². The molecule has 0 aromatic heterocycles.